The normalized spacial score (nSPS) is 15.9. The van der Waals surface area contributed by atoms with Crippen molar-refractivity contribution >= 4 is 17.3 Å². The number of alkyl halides is 3. The summed E-state index contributed by atoms with van der Waals surface area (Å²) in [4.78, 5) is 15.1. The number of morpholine rings is 1. The van der Waals surface area contributed by atoms with Gasteiger partial charge in [0.1, 0.15) is 11.4 Å². The zero-order valence-corrected chi connectivity index (χ0v) is 10.7. The van der Waals surface area contributed by atoms with E-state index in [1.807, 2.05) is 5.43 Å². The summed E-state index contributed by atoms with van der Waals surface area (Å²) in [5.41, 5.74) is -0.726. The Kier molecular flexibility index (Phi) is 4.14. The van der Waals surface area contributed by atoms with Crippen LogP contribution in [0.25, 0.3) is 0 Å². The molecule has 21 heavy (non-hydrogen) atoms. The van der Waals surface area contributed by atoms with Crippen molar-refractivity contribution in [1.82, 2.24) is 4.98 Å². The van der Waals surface area contributed by atoms with Gasteiger partial charge in [0.05, 0.1) is 18.1 Å². The van der Waals surface area contributed by atoms with E-state index < -0.39 is 28.2 Å². The number of hydrogen-bond acceptors (Lipinski definition) is 7. The number of ether oxygens (including phenoxy) is 1. The maximum atomic E-state index is 13.0. The Labute approximate surface area is 116 Å². The van der Waals surface area contributed by atoms with Crippen molar-refractivity contribution in [2.24, 2.45) is 5.84 Å². The van der Waals surface area contributed by atoms with E-state index in [2.05, 4.69) is 4.98 Å². The van der Waals surface area contributed by atoms with E-state index in [0.717, 1.165) is 0 Å². The second-order valence-electron chi connectivity index (χ2n) is 4.22. The SMILES string of the molecule is NNc1nc(N2CCOCC2)cc(C(F)(F)F)c1[N+](=O)[O-]. The van der Waals surface area contributed by atoms with Gasteiger partial charge in [-0.25, -0.2) is 10.8 Å². The Morgan fingerprint density at radius 3 is 2.52 bits per heavy atom. The Morgan fingerprint density at radius 2 is 2.05 bits per heavy atom. The number of nitrogens with two attached hydrogens (primary N) is 1. The Bertz CT molecular complexity index is 545. The maximum Gasteiger partial charge on any atom is 0.423 e. The highest BCUT2D eigenvalue weighted by atomic mass is 19.4. The lowest BCUT2D eigenvalue weighted by Crippen LogP contribution is -2.37. The molecule has 0 saturated carbocycles. The second-order valence-corrected chi connectivity index (χ2v) is 4.22. The number of nitrogens with one attached hydrogen (secondary N) is 1. The smallest absolute Gasteiger partial charge is 0.378 e. The summed E-state index contributed by atoms with van der Waals surface area (Å²) in [6, 6.07) is 0.657. The highest BCUT2D eigenvalue weighted by Gasteiger charge is 2.41. The third-order valence-corrected chi connectivity index (χ3v) is 2.94. The van der Waals surface area contributed by atoms with Gasteiger partial charge in [0.15, 0.2) is 0 Å². The van der Waals surface area contributed by atoms with Crippen molar-refractivity contribution in [2.45, 2.75) is 6.18 Å². The van der Waals surface area contributed by atoms with Gasteiger partial charge in [-0.2, -0.15) is 13.2 Å². The molecule has 0 aromatic carbocycles. The number of aromatic nitrogens is 1. The number of anilines is 2. The minimum Gasteiger partial charge on any atom is -0.378 e. The fourth-order valence-corrected chi connectivity index (χ4v) is 1.98. The predicted octanol–water partition coefficient (Wildman–Crippen LogP) is 1.13. The third-order valence-electron chi connectivity index (χ3n) is 2.94. The topological polar surface area (TPSA) is 107 Å². The van der Waals surface area contributed by atoms with Crippen LogP contribution in [0.3, 0.4) is 0 Å². The molecule has 2 rings (SSSR count). The molecule has 1 aromatic rings. The summed E-state index contributed by atoms with van der Waals surface area (Å²) >= 11 is 0. The zero-order chi connectivity index (χ0) is 15.6. The molecule has 3 N–H and O–H groups in total. The van der Waals surface area contributed by atoms with Gasteiger partial charge in [-0.15, -0.1) is 0 Å². The molecule has 2 heterocycles. The first kappa shape index (κ1) is 15.3. The summed E-state index contributed by atoms with van der Waals surface area (Å²) in [7, 11) is 0. The van der Waals surface area contributed by atoms with Gasteiger partial charge in [-0.1, -0.05) is 0 Å². The van der Waals surface area contributed by atoms with E-state index in [1.165, 1.54) is 0 Å². The Balaban J connectivity index is 2.56. The van der Waals surface area contributed by atoms with Crippen molar-refractivity contribution in [1.29, 1.82) is 0 Å². The standard InChI is InChI=1S/C10H12F3N5O3/c11-10(12,13)6-5-7(17-1-3-21-4-2-17)15-9(16-14)8(6)18(19)20/h5H,1-4,14H2,(H,15,16). The van der Waals surface area contributed by atoms with Crippen molar-refractivity contribution < 1.29 is 22.8 Å². The van der Waals surface area contributed by atoms with Crippen LogP contribution in [0.5, 0.6) is 0 Å². The number of rotatable bonds is 3. The first-order valence-electron chi connectivity index (χ1n) is 5.90. The van der Waals surface area contributed by atoms with E-state index in [9.17, 15) is 23.3 Å². The van der Waals surface area contributed by atoms with Gasteiger partial charge in [0, 0.05) is 19.2 Å². The third kappa shape index (κ3) is 3.13. The molecular weight excluding hydrogens is 295 g/mol. The molecule has 1 saturated heterocycles. The van der Waals surface area contributed by atoms with Gasteiger partial charge >= 0.3 is 11.9 Å². The van der Waals surface area contributed by atoms with Gasteiger partial charge < -0.3 is 15.1 Å². The molecule has 1 aliphatic rings. The van der Waals surface area contributed by atoms with Crippen molar-refractivity contribution in [3.8, 4) is 0 Å². The zero-order valence-electron chi connectivity index (χ0n) is 10.7. The van der Waals surface area contributed by atoms with Crippen LogP contribution in [0.2, 0.25) is 0 Å². The quantitative estimate of drug-likeness (QED) is 0.489. The monoisotopic (exact) mass is 307 g/mol. The number of nitrogen functional groups attached to an aromatic ring is 1. The molecular formula is C10H12F3N5O3. The van der Waals surface area contributed by atoms with Crippen molar-refractivity contribution in [3.63, 3.8) is 0 Å². The average molecular weight is 307 g/mol. The molecule has 0 spiro atoms. The molecule has 1 aliphatic heterocycles. The minimum absolute atomic E-state index is 0.0378. The molecule has 1 fully saturated rings. The lowest BCUT2D eigenvalue weighted by atomic mass is 10.2. The Hall–Kier alpha value is -2.14. The number of hydrogen-bond donors (Lipinski definition) is 2. The average Bonchev–Trinajstić information content (AvgIpc) is 2.45. The first-order valence-corrected chi connectivity index (χ1v) is 5.90. The van der Waals surface area contributed by atoms with Crippen molar-refractivity contribution in [3.05, 3.63) is 21.7 Å². The predicted molar refractivity (Wildman–Crippen MR) is 66.7 cm³/mol. The molecule has 0 aliphatic carbocycles. The fraction of sp³-hybridized carbons (Fsp3) is 0.500. The molecule has 0 atom stereocenters. The molecule has 11 heteroatoms. The van der Waals surface area contributed by atoms with E-state index in [-0.39, 0.29) is 5.82 Å². The molecule has 0 radical (unpaired) electrons. The summed E-state index contributed by atoms with van der Waals surface area (Å²) in [6.45, 7) is 1.36. The van der Waals surface area contributed by atoms with Crippen LogP contribution in [0.1, 0.15) is 5.56 Å². The van der Waals surface area contributed by atoms with Gasteiger partial charge in [-0.3, -0.25) is 10.1 Å². The summed E-state index contributed by atoms with van der Waals surface area (Å²) < 4.78 is 44.2. The van der Waals surface area contributed by atoms with E-state index in [4.69, 9.17) is 10.6 Å². The highest BCUT2D eigenvalue weighted by Crippen LogP contribution is 2.41. The number of hydrazine groups is 1. The van der Waals surface area contributed by atoms with Crippen LogP contribution in [0.15, 0.2) is 6.07 Å². The van der Waals surface area contributed by atoms with Crippen LogP contribution in [-0.4, -0.2) is 36.2 Å². The van der Waals surface area contributed by atoms with Crippen LogP contribution in [-0.2, 0) is 10.9 Å². The number of nitrogens with zero attached hydrogens (tertiary/aromatic N) is 3. The van der Waals surface area contributed by atoms with Crippen LogP contribution < -0.4 is 16.2 Å². The van der Waals surface area contributed by atoms with Gasteiger partial charge in [-0.05, 0) is 0 Å². The molecule has 8 nitrogen and oxygen atoms in total. The Morgan fingerprint density at radius 1 is 1.43 bits per heavy atom. The molecule has 1 aromatic heterocycles. The lowest BCUT2D eigenvalue weighted by molar-refractivity contribution is -0.387. The largest absolute Gasteiger partial charge is 0.423 e. The highest BCUT2D eigenvalue weighted by molar-refractivity contribution is 5.66. The molecule has 0 unspecified atom stereocenters. The van der Waals surface area contributed by atoms with Crippen LogP contribution in [0, 0.1) is 10.1 Å². The number of halogens is 3. The van der Waals surface area contributed by atoms with Crippen molar-refractivity contribution in [2.75, 3.05) is 36.6 Å². The summed E-state index contributed by atoms with van der Waals surface area (Å²) in [5, 5.41) is 10.9. The van der Waals surface area contributed by atoms with E-state index in [1.54, 1.807) is 4.90 Å². The van der Waals surface area contributed by atoms with E-state index >= 15 is 0 Å². The maximum absolute atomic E-state index is 13.0. The van der Waals surface area contributed by atoms with E-state index in [0.29, 0.717) is 32.4 Å². The van der Waals surface area contributed by atoms with Gasteiger partial charge in [0.25, 0.3) is 0 Å². The molecule has 0 bridgehead atoms. The second kappa shape index (κ2) is 5.69. The van der Waals surface area contributed by atoms with Gasteiger partial charge in [0.2, 0.25) is 5.82 Å². The fourth-order valence-electron chi connectivity index (χ4n) is 1.98. The number of pyridine rings is 1. The molecule has 116 valence electrons. The number of nitro groups is 1. The first-order chi connectivity index (χ1) is 9.84. The van der Waals surface area contributed by atoms with Crippen LogP contribution >= 0.6 is 0 Å². The summed E-state index contributed by atoms with van der Waals surface area (Å²) in [5.74, 6) is 4.41. The summed E-state index contributed by atoms with van der Waals surface area (Å²) in [6.07, 6.45) is -4.89. The molecule has 0 amide bonds. The minimum atomic E-state index is -4.89. The van der Waals surface area contributed by atoms with Crippen LogP contribution in [0.4, 0.5) is 30.5 Å². The lowest BCUT2D eigenvalue weighted by Gasteiger charge is -2.28.